The molecule has 0 radical (unpaired) electrons. The minimum Gasteiger partial charge on any atom is -0.326 e. The van der Waals surface area contributed by atoms with Gasteiger partial charge in [-0.1, -0.05) is 19.4 Å². The highest BCUT2D eigenvalue weighted by atomic mass is 32.2. The summed E-state index contributed by atoms with van der Waals surface area (Å²) in [6, 6.07) is 5.39. The van der Waals surface area contributed by atoms with Crippen molar-refractivity contribution in [2.24, 2.45) is 5.73 Å². The summed E-state index contributed by atoms with van der Waals surface area (Å²) in [5.41, 5.74) is 5.53. The van der Waals surface area contributed by atoms with Gasteiger partial charge < -0.3 is 5.73 Å². The Labute approximate surface area is 127 Å². The lowest BCUT2D eigenvalue weighted by molar-refractivity contribution is 0.540. The Morgan fingerprint density at radius 2 is 2.20 bits per heavy atom. The van der Waals surface area contributed by atoms with Gasteiger partial charge in [-0.3, -0.25) is 0 Å². The van der Waals surface area contributed by atoms with Crippen molar-refractivity contribution in [1.82, 2.24) is 4.72 Å². The topological polar surface area (TPSA) is 72.2 Å². The summed E-state index contributed by atoms with van der Waals surface area (Å²) >= 11 is 2.95. The molecule has 2 aromatic rings. The van der Waals surface area contributed by atoms with Gasteiger partial charge in [0.25, 0.3) is 0 Å². The lowest BCUT2D eigenvalue weighted by atomic mass is 10.1. The first-order chi connectivity index (χ1) is 9.56. The van der Waals surface area contributed by atoms with E-state index in [-0.39, 0.29) is 6.04 Å². The average molecular weight is 330 g/mol. The van der Waals surface area contributed by atoms with E-state index < -0.39 is 10.0 Å². The molecule has 0 spiro atoms. The predicted molar refractivity (Wildman–Crippen MR) is 84.5 cm³/mol. The summed E-state index contributed by atoms with van der Waals surface area (Å²) in [6.45, 7) is 2.41. The van der Waals surface area contributed by atoms with Crippen molar-refractivity contribution < 1.29 is 8.42 Å². The van der Waals surface area contributed by atoms with Crippen molar-refractivity contribution in [3.05, 3.63) is 38.7 Å². The van der Waals surface area contributed by atoms with Gasteiger partial charge >= 0.3 is 0 Å². The first kappa shape index (κ1) is 15.7. The van der Waals surface area contributed by atoms with Gasteiger partial charge in [-0.25, -0.2) is 13.1 Å². The second-order valence-electron chi connectivity index (χ2n) is 4.43. The average Bonchev–Trinajstić information content (AvgIpc) is 3.09. The van der Waals surface area contributed by atoms with E-state index in [1.165, 1.54) is 11.3 Å². The first-order valence-corrected chi connectivity index (χ1v) is 9.64. The smallest absolute Gasteiger partial charge is 0.241 e. The highest BCUT2D eigenvalue weighted by Gasteiger charge is 2.22. The summed E-state index contributed by atoms with van der Waals surface area (Å²) in [6.07, 6.45) is 1.70. The van der Waals surface area contributed by atoms with Gasteiger partial charge in [0.05, 0.1) is 10.9 Å². The largest absolute Gasteiger partial charge is 0.326 e. The molecule has 2 aromatic heterocycles. The van der Waals surface area contributed by atoms with E-state index in [0.717, 1.165) is 22.6 Å². The Hall–Kier alpha value is -0.730. The van der Waals surface area contributed by atoms with Crippen LogP contribution in [-0.4, -0.2) is 8.42 Å². The van der Waals surface area contributed by atoms with Crippen LogP contribution in [0.25, 0.3) is 0 Å². The highest BCUT2D eigenvalue weighted by molar-refractivity contribution is 7.89. The molecule has 0 aliphatic heterocycles. The maximum atomic E-state index is 12.4. The normalized spacial score (nSPS) is 13.5. The van der Waals surface area contributed by atoms with Crippen molar-refractivity contribution in [2.75, 3.05) is 0 Å². The minimum absolute atomic E-state index is 0.161. The lowest BCUT2D eigenvalue weighted by Crippen LogP contribution is -2.27. The van der Waals surface area contributed by atoms with E-state index in [2.05, 4.69) is 4.72 Å². The SMILES string of the molecule is CCCC(NS(=O)(=O)c1csc(CN)c1)c1cccs1. The number of nitrogens with two attached hydrogens (primary N) is 1. The molecule has 0 aliphatic carbocycles. The molecule has 1 unspecified atom stereocenters. The Kier molecular flexibility index (Phi) is 5.34. The van der Waals surface area contributed by atoms with Crippen LogP contribution in [-0.2, 0) is 16.6 Å². The molecule has 0 fully saturated rings. The van der Waals surface area contributed by atoms with Crippen LogP contribution < -0.4 is 10.5 Å². The Balaban J connectivity index is 2.20. The molecule has 2 rings (SSSR count). The number of rotatable bonds is 7. The molecular weight excluding hydrogens is 312 g/mol. The number of sulfonamides is 1. The van der Waals surface area contributed by atoms with Crippen LogP contribution >= 0.6 is 22.7 Å². The molecule has 0 aromatic carbocycles. The molecule has 0 amide bonds. The zero-order valence-corrected chi connectivity index (χ0v) is 13.7. The third-order valence-corrected chi connectivity index (χ3v) is 6.45. The second-order valence-corrected chi connectivity index (χ2v) is 8.12. The summed E-state index contributed by atoms with van der Waals surface area (Å²) in [5.74, 6) is 0. The molecule has 2 heterocycles. The molecule has 0 bridgehead atoms. The molecule has 110 valence electrons. The van der Waals surface area contributed by atoms with Crippen LogP contribution in [0.1, 0.15) is 35.6 Å². The van der Waals surface area contributed by atoms with Crippen molar-refractivity contribution in [1.29, 1.82) is 0 Å². The van der Waals surface area contributed by atoms with Crippen molar-refractivity contribution in [2.45, 2.75) is 37.2 Å². The molecule has 1 atom stereocenters. The van der Waals surface area contributed by atoms with E-state index in [1.54, 1.807) is 22.8 Å². The fourth-order valence-electron chi connectivity index (χ4n) is 1.90. The van der Waals surface area contributed by atoms with E-state index >= 15 is 0 Å². The van der Waals surface area contributed by atoms with Crippen molar-refractivity contribution >= 4 is 32.7 Å². The molecule has 4 nitrogen and oxygen atoms in total. The Morgan fingerprint density at radius 1 is 1.40 bits per heavy atom. The first-order valence-electron chi connectivity index (χ1n) is 6.40. The van der Waals surface area contributed by atoms with Crippen LogP contribution in [0.15, 0.2) is 33.9 Å². The standard InChI is InChI=1S/C13H18N2O2S3/c1-2-4-12(13-5-3-6-18-13)15-20(16,17)11-7-10(8-14)19-9-11/h3,5-7,9,12,15H,2,4,8,14H2,1H3. The summed E-state index contributed by atoms with van der Waals surface area (Å²) in [7, 11) is -3.49. The quantitative estimate of drug-likeness (QED) is 0.819. The number of thiophene rings is 2. The fourth-order valence-corrected chi connectivity index (χ4v) is 5.19. The minimum atomic E-state index is -3.49. The summed E-state index contributed by atoms with van der Waals surface area (Å²) < 4.78 is 27.6. The lowest BCUT2D eigenvalue weighted by Gasteiger charge is -2.16. The van der Waals surface area contributed by atoms with Gasteiger partial charge in [-0.15, -0.1) is 22.7 Å². The maximum absolute atomic E-state index is 12.4. The summed E-state index contributed by atoms with van der Waals surface area (Å²) in [5, 5.41) is 3.60. The molecular formula is C13H18N2O2S3. The van der Waals surface area contributed by atoms with Crippen LogP contribution in [0.3, 0.4) is 0 Å². The highest BCUT2D eigenvalue weighted by Crippen LogP contribution is 2.26. The molecule has 0 saturated heterocycles. The van der Waals surface area contributed by atoms with Crippen LogP contribution in [0, 0.1) is 0 Å². The van der Waals surface area contributed by atoms with E-state index in [4.69, 9.17) is 5.73 Å². The number of hydrogen-bond acceptors (Lipinski definition) is 5. The zero-order chi connectivity index (χ0) is 14.6. The third-order valence-electron chi connectivity index (χ3n) is 2.90. The van der Waals surface area contributed by atoms with Gasteiger partial charge in [0.1, 0.15) is 0 Å². The Bertz CT molecular complexity index is 632. The number of hydrogen-bond donors (Lipinski definition) is 2. The summed E-state index contributed by atoms with van der Waals surface area (Å²) in [4.78, 5) is 2.22. The fraction of sp³-hybridized carbons (Fsp3) is 0.385. The number of nitrogens with one attached hydrogen (secondary N) is 1. The molecule has 0 saturated carbocycles. The van der Waals surface area contributed by atoms with Crippen LogP contribution in [0.4, 0.5) is 0 Å². The van der Waals surface area contributed by atoms with Gasteiger partial charge in [0, 0.05) is 21.7 Å². The van der Waals surface area contributed by atoms with E-state index in [1.807, 2.05) is 24.4 Å². The molecule has 0 aliphatic rings. The molecule has 7 heteroatoms. The van der Waals surface area contributed by atoms with Gasteiger partial charge in [-0.05, 0) is 23.9 Å². The van der Waals surface area contributed by atoms with Gasteiger partial charge in [0.15, 0.2) is 0 Å². The zero-order valence-electron chi connectivity index (χ0n) is 11.2. The van der Waals surface area contributed by atoms with Crippen LogP contribution in [0.5, 0.6) is 0 Å². The van der Waals surface area contributed by atoms with Crippen LogP contribution in [0.2, 0.25) is 0 Å². The second kappa shape index (κ2) is 6.82. The molecule has 20 heavy (non-hydrogen) atoms. The third kappa shape index (κ3) is 3.67. The van der Waals surface area contributed by atoms with Crippen molar-refractivity contribution in [3.8, 4) is 0 Å². The van der Waals surface area contributed by atoms with Gasteiger partial charge in [0.2, 0.25) is 10.0 Å². The van der Waals surface area contributed by atoms with E-state index in [0.29, 0.717) is 11.4 Å². The predicted octanol–water partition coefficient (Wildman–Crippen LogP) is 3.09. The maximum Gasteiger partial charge on any atom is 0.241 e. The monoisotopic (exact) mass is 330 g/mol. The molecule has 3 N–H and O–H groups in total. The Morgan fingerprint density at radius 3 is 2.75 bits per heavy atom. The van der Waals surface area contributed by atoms with E-state index in [9.17, 15) is 8.42 Å². The van der Waals surface area contributed by atoms with Gasteiger partial charge in [-0.2, -0.15) is 0 Å². The van der Waals surface area contributed by atoms with Crippen molar-refractivity contribution in [3.63, 3.8) is 0 Å².